The molecule has 5 nitrogen and oxygen atoms in total. The van der Waals surface area contributed by atoms with Crippen LogP contribution in [0.4, 0.5) is 0 Å². The number of aromatic nitrogens is 2. The van der Waals surface area contributed by atoms with Crippen molar-refractivity contribution in [3.05, 3.63) is 33.2 Å². The first-order valence-corrected chi connectivity index (χ1v) is 10.1. The molecule has 1 aliphatic carbocycles. The Bertz CT molecular complexity index is 719. The van der Waals surface area contributed by atoms with Crippen molar-refractivity contribution in [2.24, 2.45) is 5.41 Å². The Morgan fingerprint density at radius 1 is 1.46 bits per heavy atom. The molecular formula is C17H22N4OS2. The number of amides is 1. The summed E-state index contributed by atoms with van der Waals surface area (Å²) in [7, 11) is 2.21. The third kappa shape index (κ3) is 2.89. The Kier molecular flexibility index (Phi) is 4.18. The highest BCUT2D eigenvalue weighted by atomic mass is 32.1. The maximum atomic E-state index is 12.6. The molecule has 1 atom stereocenters. The van der Waals surface area contributed by atoms with Gasteiger partial charge in [0.05, 0.1) is 17.8 Å². The van der Waals surface area contributed by atoms with Crippen LogP contribution in [0.25, 0.3) is 0 Å². The van der Waals surface area contributed by atoms with E-state index in [2.05, 4.69) is 21.3 Å². The number of aryl methyl sites for hydroxylation is 1. The smallest absolute Gasteiger partial charge is 0.256 e. The first-order chi connectivity index (χ1) is 11.6. The zero-order valence-electron chi connectivity index (χ0n) is 14.1. The predicted octanol–water partition coefficient (Wildman–Crippen LogP) is 3.03. The van der Waals surface area contributed by atoms with Gasteiger partial charge in [-0.15, -0.1) is 11.3 Å². The Hall–Kier alpha value is -1.31. The first kappa shape index (κ1) is 16.2. The fourth-order valence-corrected chi connectivity index (χ4v) is 5.33. The van der Waals surface area contributed by atoms with E-state index in [0.29, 0.717) is 11.5 Å². The van der Waals surface area contributed by atoms with Gasteiger partial charge in [-0.1, -0.05) is 0 Å². The average molecular weight is 363 g/mol. The fraction of sp³-hybridized carbons (Fsp3) is 0.588. The Labute approximate surface area is 150 Å². The van der Waals surface area contributed by atoms with Crippen molar-refractivity contribution in [3.8, 4) is 0 Å². The van der Waals surface area contributed by atoms with Gasteiger partial charge in [-0.3, -0.25) is 9.69 Å². The van der Waals surface area contributed by atoms with Gasteiger partial charge in [-0.25, -0.2) is 4.98 Å². The molecule has 2 aromatic rings. The van der Waals surface area contributed by atoms with Gasteiger partial charge in [0, 0.05) is 36.1 Å². The molecule has 1 aliphatic heterocycles. The molecular weight excluding hydrogens is 340 g/mol. The van der Waals surface area contributed by atoms with E-state index in [1.54, 1.807) is 11.3 Å². The number of hydrogen-bond acceptors (Lipinski definition) is 6. The van der Waals surface area contributed by atoms with E-state index in [-0.39, 0.29) is 5.91 Å². The van der Waals surface area contributed by atoms with Crippen LogP contribution >= 0.6 is 22.9 Å². The van der Waals surface area contributed by atoms with Gasteiger partial charge in [0.1, 0.15) is 5.01 Å². The topological polar surface area (TPSA) is 49.3 Å². The number of rotatable bonds is 4. The van der Waals surface area contributed by atoms with Gasteiger partial charge >= 0.3 is 0 Å². The lowest BCUT2D eigenvalue weighted by Gasteiger charge is -2.34. The van der Waals surface area contributed by atoms with Crippen LogP contribution in [0.5, 0.6) is 0 Å². The Morgan fingerprint density at radius 3 is 2.88 bits per heavy atom. The van der Waals surface area contributed by atoms with Crippen LogP contribution in [-0.4, -0.2) is 51.2 Å². The lowest BCUT2D eigenvalue weighted by Crippen LogP contribution is -2.41. The van der Waals surface area contributed by atoms with Gasteiger partial charge < -0.3 is 4.90 Å². The number of piperidine rings is 1. The minimum atomic E-state index is 0.157. The molecule has 2 aromatic heterocycles. The largest absolute Gasteiger partial charge is 0.339 e. The highest BCUT2D eigenvalue weighted by molar-refractivity contribution is 7.09. The summed E-state index contributed by atoms with van der Waals surface area (Å²) < 4.78 is 4.23. The van der Waals surface area contributed by atoms with E-state index < -0.39 is 0 Å². The highest BCUT2D eigenvalue weighted by Gasteiger charge is 2.56. The van der Waals surface area contributed by atoms with Crippen molar-refractivity contribution < 1.29 is 4.79 Å². The molecule has 1 spiro atoms. The monoisotopic (exact) mass is 362 g/mol. The zero-order chi connectivity index (χ0) is 16.7. The van der Waals surface area contributed by atoms with Crippen LogP contribution in [0.2, 0.25) is 0 Å². The molecule has 3 heterocycles. The third-order valence-corrected chi connectivity index (χ3v) is 7.06. The zero-order valence-corrected chi connectivity index (χ0v) is 15.7. The van der Waals surface area contributed by atoms with Crippen LogP contribution in [0.1, 0.15) is 40.3 Å². The van der Waals surface area contributed by atoms with Gasteiger partial charge in [0.2, 0.25) is 0 Å². The molecule has 1 amide bonds. The number of carbonyl (C=O) groups excluding carboxylic acids is 1. The summed E-state index contributed by atoms with van der Waals surface area (Å²) >= 11 is 3.09. The van der Waals surface area contributed by atoms with E-state index >= 15 is 0 Å². The van der Waals surface area contributed by atoms with Crippen LogP contribution in [-0.2, 0) is 6.54 Å². The molecule has 0 aromatic carbocycles. The van der Waals surface area contributed by atoms with Crippen molar-refractivity contribution >= 4 is 28.8 Å². The summed E-state index contributed by atoms with van der Waals surface area (Å²) in [6, 6.07) is 0.642. The fourth-order valence-electron chi connectivity index (χ4n) is 3.96. The SMILES string of the molecule is Cc1nscc1C(=O)N1CCC2(CC1)C[C@@H]2N(C)Cc1nccs1. The summed E-state index contributed by atoms with van der Waals surface area (Å²) in [5.74, 6) is 0.157. The molecule has 0 bridgehead atoms. The van der Waals surface area contributed by atoms with Crippen LogP contribution < -0.4 is 0 Å². The number of hydrogen-bond donors (Lipinski definition) is 0. The normalized spacial score (nSPS) is 22.3. The molecule has 0 radical (unpaired) electrons. The molecule has 0 N–H and O–H groups in total. The van der Waals surface area contributed by atoms with Gasteiger partial charge in [-0.2, -0.15) is 4.37 Å². The third-order valence-electron chi connectivity index (χ3n) is 5.57. The second kappa shape index (κ2) is 6.20. The minimum Gasteiger partial charge on any atom is -0.339 e. The second-order valence-corrected chi connectivity index (χ2v) is 8.64. The molecule has 2 fully saturated rings. The van der Waals surface area contributed by atoms with E-state index in [4.69, 9.17) is 0 Å². The van der Waals surface area contributed by atoms with Crippen LogP contribution in [0.15, 0.2) is 17.0 Å². The molecule has 128 valence electrons. The molecule has 1 saturated carbocycles. The van der Waals surface area contributed by atoms with E-state index in [1.807, 2.05) is 28.8 Å². The maximum absolute atomic E-state index is 12.6. The van der Waals surface area contributed by atoms with Crippen LogP contribution in [0.3, 0.4) is 0 Å². The van der Waals surface area contributed by atoms with Gasteiger partial charge in [0.15, 0.2) is 0 Å². The van der Waals surface area contributed by atoms with Crippen molar-refractivity contribution in [1.29, 1.82) is 0 Å². The summed E-state index contributed by atoms with van der Waals surface area (Å²) in [5.41, 5.74) is 2.06. The highest BCUT2D eigenvalue weighted by Crippen LogP contribution is 2.56. The molecule has 24 heavy (non-hydrogen) atoms. The molecule has 4 rings (SSSR count). The van der Waals surface area contributed by atoms with Gasteiger partial charge in [0.25, 0.3) is 5.91 Å². The summed E-state index contributed by atoms with van der Waals surface area (Å²) in [4.78, 5) is 21.5. The van der Waals surface area contributed by atoms with Crippen LogP contribution in [0, 0.1) is 12.3 Å². The van der Waals surface area contributed by atoms with Crippen molar-refractivity contribution in [1.82, 2.24) is 19.2 Å². The predicted molar refractivity (Wildman–Crippen MR) is 96.4 cm³/mol. The number of likely N-dealkylation sites (tertiary alicyclic amines) is 1. The lowest BCUT2D eigenvalue weighted by molar-refractivity contribution is 0.0657. The standard InChI is InChI=1S/C17H22N4OS2/c1-12-13(11-24-19-12)16(22)21-6-3-17(4-7-21)9-14(17)20(2)10-15-18-5-8-23-15/h5,8,11,14H,3-4,6-7,9-10H2,1-2H3/t14-/m0/s1. The molecule has 2 aliphatic rings. The second-order valence-electron chi connectivity index (χ2n) is 7.03. The van der Waals surface area contributed by atoms with E-state index in [9.17, 15) is 4.79 Å². The minimum absolute atomic E-state index is 0.157. The number of thiazole rings is 1. The number of nitrogens with zero attached hydrogens (tertiary/aromatic N) is 4. The first-order valence-electron chi connectivity index (χ1n) is 8.38. The van der Waals surface area contributed by atoms with E-state index in [0.717, 1.165) is 43.7 Å². The molecule has 7 heteroatoms. The average Bonchev–Trinajstić information content (AvgIpc) is 2.94. The van der Waals surface area contributed by atoms with Crippen molar-refractivity contribution in [2.45, 2.75) is 38.8 Å². The molecule has 0 unspecified atom stereocenters. The van der Waals surface area contributed by atoms with Crippen molar-refractivity contribution in [2.75, 3.05) is 20.1 Å². The Balaban J connectivity index is 1.34. The molecule has 1 saturated heterocycles. The Morgan fingerprint density at radius 2 is 2.25 bits per heavy atom. The summed E-state index contributed by atoms with van der Waals surface area (Å²) in [6.07, 6.45) is 5.36. The maximum Gasteiger partial charge on any atom is 0.256 e. The van der Waals surface area contributed by atoms with E-state index in [1.165, 1.54) is 23.0 Å². The van der Waals surface area contributed by atoms with Crippen molar-refractivity contribution in [3.63, 3.8) is 0 Å². The summed E-state index contributed by atoms with van der Waals surface area (Å²) in [5, 5.41) is 5.11. The quantitative estimate of drug-likeness (QED) is 0.839. The summed E-state index contributed by atoms with van der Waals surface area (Å²) in [6.45, 7) is 4.59. The van der Waals surface area contributed by atoms with Gasteiger partial charge in [-0.05, 0) is 50.2 Å². The lowest BCUT2D eigenvalue weighted by atomic mass is 9.92. The number of carbonyl (C=O) groups is 1.